The second-order valence-corrected chi connectivity index (χ2v) is 7.73. The van der Waals surface area contributed by atoms with Crippen LogP contribution in [-0.4, -0.2) is 47.9 Å². The minimum atomic E-state index is -1.51. The summed E-state index contributed by atoms with van der Waals surface area (Å²) in [5.41, 5.74) is 0.510. The number of hydrogen-bond donors (Lipinski definition) is 1. The van der Waals surface area contributed by atoms with Gasteiger partial charge in [0.25, 0.3) is 0 Å². The van der Waals surface area contributed by atoms with E-state index in [1.807, 2.05) is 0 Å². The van der Waals surface area contributed by atoms with Crippen LogP contribution in [-0.2, 0) is 0 Å². The van der Waals surface area contributed by atoms with Gasteiger partial charge in [-0.25, -0.2) is 0 Å². The molecule has 11 heavy (non-hydrogen) atoms. The molecular weight excluding hydrogens is 157 g/mol. The topological polar surface area (TPSA) is 23.5 Å². The van der Waals surface area contributed by atoms with Crippen molar-refractivity contribution >= 4 is 7.49 Å². The van der Waals surface area contributed by atoms with Crippen LogP contribution in [0.3, 0.4) is 0 Å². The molecule has 2 nitrogen and oxygen atoms in total. The molecule has 0 radical (unpaired) electrons. The molecular formula is C8H19NOP+. The van der Waals surface area contributed by atoms with Crippen molar-refractivity contribution in [2.45, 2.75) is 19.5 Å². The van der Waals surface area contributed by atoms with E-state index in [1.54, 1.807) is 0 Å². The maximum Gasteiger partial charge on any atom is 0.147 e. The van der Waals surface area contributed by atoms with Gasteiger partial charge < -0.3 is 0 Å². The molecule has 1 aliphatic rings. The van der Waals surface area contributed by atoms with Crippen LogP contribution >= 0.6 is 7.49 Å². The average molecular weight is 176 g/mol. The maximum atomic E-state index is 10.2. The van der Waals surface area contributed by atoms with E-state index in [0.717, 1.165) is 25.4 Å². The van der Waals surface area contributed by atoms with E-state index in [1.165, 1.54) is 0 Å². The van der Waals surface area contributed by atoms with Crippen LogP contribution in [0.1, 0.15) is 13.8 Å². The zero-order chi connectivity index (χ0) is 8.48. The predicted molar refractivity (Wildman–Crippen MR) is 51.5 cm³/mol. The highest BCUT2D eigenvalue weighted by atomic mass is 31.2. The Morgan fingerprint density at radius 2 is 1.73 bits per heavy atom. The normalized spacial score (nSPS) is 25.9. The third-order valence-electron chi connectivity index (χ3n) is 2.70. The SMILES string of the molecule is CC(C)[P+]1(O)CCN(C)CC1. The maximum absolute atomic E-state index is 10.2. The summed E-state index contributed by atoms with van der Waals surface area (Å²) in [5.74, 6) is 0. The molecule has 0 aromatic heterocycles. The van der Waals surface area contributed by atoms with E-state index in [4.69, 9.17) is 0 Å². The highest BCUT2D eigenvalue weighted by Gasteiger charge is 2.41. The molecule has 1 N–H and O–H groups in total. The van der Waals surface area contributed by atoms with Crippen LogP contribution in [0, 0.1) is 0 Å². The number of nitrogens with zero attached hydrogens (tertiary/aromatic N) is 1. The molecule has 1 rings (SSSR count). The second kappa shape index (κ2) is 3.38. The van der Waals surface area contributed by atoms with E-state index < -0.39 is 7.49 Å². The molecule has 66 valence electrons. The van der Waals surface area contributed by atoms with Gasteiger partial charge in [-0.15, -0.1) is 0 Å². The molecule has 0 bridgehead atoms. The lowest BCUT2D eigenvalue weighted by Crippen LogP contribution is -2.35. The molecule has 1 aliphatic heterocycles. The van der Waals surface area contributed by atoms with Gasteiger partial charge in [-0.1, -0.05) is 0 Å². The summed E-state index contributed by atoms with van der Waals surface area (Å²) in [4.78, 5) is 12.5. The molecule has 1 saturated heterocycles. The quantitative estimate of drug-likeness (QED) is 0.608. The third kappa shape index (κ3) is 2.14. The van der Waals surface area contributed by atoms with E-state index >= 15 is 0 Å². The van der Waals surface area contributed by atoms with Crippen LogP contribution in [0.2, 0.25) is 0 Å². The summed E-state index contributed by atoms with van der Waals surface area (Å²) in [5, 5.41) is 0. The Hall–Kier alpha value is 0.350. The first-order valence-corrected chi connectivity index (χ1v) is 6.51. The third-order valence-corrected chi connectivity index (χ3v) is 6.57. The molecule has 0 aliphatic carbocycles. The number of rotatable bonds is 1. The summed E-state index contributed by atoms with van der Waals surface area (Å²) >= 11 is 0. The molecule has 1 heterocycles. The van der Waals surface area contributed by atoms with Gasteiger partial charge in [0, 0.05) is 13.1 Å². The van der Waals surface area contributed by atoms with Gasteiger partial charge in [0.1, 0.15) is 7.49 Å². The van der Waals surface area contributed by atoms with Crippen molar-refractivity contribution in [1.82, 2.24) is 4.90 Å². The van der Waals surface area contributed by atoms with Gasteiger partial charge in [0.2, 0.25) is 0 Å². The smallest absolute Gasteiger partial charge is 0.147 e. The molecule has 0 amide bonds. The fourth-order valence-corrected chi connectivity index (χ4v) is 4.06. The Morgan fingerprint density at radius 1 is 1.27 bits per heavy atom. The number of hydrogen-bond acceptors (Lipinski definition) is 2. The summed E-state index contributed by atoms with van der Waals surface area (Å²) < 4.78 is 0. The molecule has 0 aromatic carbocycles. The lowest BCUT2D eigenvalue weighted by atomic mass is 10.5. The van der Waals surface area contributed by atoms with Crippen molar-refractivity contribution in [2.24, 2.45) is 0 Å². The van der Waals surface area contributed by atoms with Gasteiger partial charge in [-0.2, -0.15) is 0 Å². The molecule has 0 spiro atoms. The monoisotopic (exact) mass is 176 g/mol. The lowest BCUT2D eigenvalue weighted by Gasteiger charge is -2.32. The van der Waals surface area contributed by atoms with Crippen LogP contribution in [0.25, 0.3) is 0 Å². The standard InChI is InChI=1S/C8H19NOP/c1-8(2)11(10)6-4-9(3)5-7-11/h8,10H,4-7H2,1-3H3/q+1. The zero-order valence-electron chi connectivity index (χ0n) is 7.75. The van der Waals surface area contributed by atoms with Crippen LogP contribution < -0.4 is 0 Å². The first kappa shape index (κ1) is 9.44. The summed E-state index contributed by atoms with van der Waals surface area (Å²) in [6, 6.07) is 0. The highest BCUT2D eigenvalue weighted by Crippen LogP contribution is 2.59. The van der Waals surface area contributed by atoms with Gasteiger partial charge in [0.05, 0.1) is 18.0 Å². The van der Waals surface area contributed by atoms with Gasteiger partial charge in [-0.05, 0) is 20.9 Å². The van der Waals surface area contributed by atoms with E-state index in [0.29, 0.717) is 5.66 Å². The fourth-order valence-electron chi connectivity index (χ4n) is 1.43. The van der Waals surface area contributed by atoms with Gasteiger partial charge in [-0.3, -0.25) is 9.79 Å². The average Bonchev–Trinajstić information content (AvgIpc) is 1.95. The van der Waals surface area contributed by atoms with Crippen molar-refractivity contribution in [3.63, 3.8) is 0 Å². The lowest BCUT2D eigenvalue weighted by molar-refractivity contribution is 0.352. The molecule has 1 fully saturated rings. The second-order valence-electron chi connectivity index (χ2n) is 3.83. The predicted octanol–water partition coefficient (Wildman–Crippen LogP) is 1.27. The Morgan fingerprint density at radius 3 is 2.09 bits per heavy atom. The molecule has 0 aromatic rings. The minimum Gasteiger partial charge on any atom is -0.299 e. The highest BCUT2D eigenvalue weighted by molar-refractivity contribution is 7.71. The van der Waals surface area contributed by atoms with Crippen LogP contribution in [0.15, 0.2) is 0 Å². The van der Waals surface area contributed by atoms with Crippen LogP contribution in [0.4, 0.5) is 0 Å². The van der Waals surface area contributed by atoms with Crippen molar-refractivity contribution in [2.75, 3.05) is 32.5 Å². The summed E-state index contributed by atoms with van der Waals surface area (Å²) in [6.45, 7) is 6.48. The molecule has 0 atom stereocenters. The Kier molecular flexibility index (Phi) is 2.90. The van der Waals surface area contributed by atoms with E-state index in [2.05, 4.69) is 25.8 Å². The van der Waals surface area contributed by atoms with Gasteiger partial charge >= 0.3 is 0 Å². The van der Waals surface area contributed by atoms with Gasteiger partial charge in [0.15, 0.2) is 0 Å². The van der Waals surface area contributed by atoms with E-state index in [-0.39, 0.29) is 0 Å². The summed E-state index contributed by atoms with van der Waals surface area (Å²) in [6.07, 6.45) is 2.09. The van der Waals surface area contributed by atoms with Crippen molar-refractivity contribution in [1.29, 1.82) is 0 Å². The largest absolute Gasteiger partial charge is 0.299 e. The van der Waals surface area contributed by atoms with Crippen molar-refractivity contribution < 1.29 is 4.89 Å². The molecule has 3 heteroatoms. The Bertz CT molecular complexity index is 130. The first-order chi connectivity index (χ1) is 5.04. The molecule has 0 unspecified atom stereocenters. The zero-order valence-corrected chi connectivity index (χ0v) is 8.64. The Balaban J connectivity index is 2.48. The molecule has 0 saturated carbocycles. The van der Waals surface area contributed by atoms with E-state index in [9.17, 15) is 4.89 Å². The fraction of sp³-hybridized carbons (Fsp3) is 1.00. The minimum absolute atomic E-state index is 0.510. The van der Waals surface area contributed by atoms with Crippen molar-refractivity contribution in [3.05, 3.63) is 0 Å². The summed E-state index contributed by atoms with van der Waals surface area (Å²) in [7, 11) is 0.614. The first-order valence-electron chi connectivity index (χ1n) is 4.33. The van der Waals surface area contributed by atoms with Crippen molar-refractivity contribution in [3.8, 4) is 0 Å². The van der Waals surface area contributed by atoms with Crippen LogP contribution in [0.5, 0.6) is 0 Å². The Labute approximate surface area is 70.0 Å².